The van der Waals surface area contributed by atoms with Gasteiger partial charge in [0.05, 0.1) is 26.7 Å². The Kier molecular flexibility index (Phi) is 6.46. The molecule has 1 aromatic rings. The number of ether oxygens (including phenoxy) is 2. The van der Waals surface area contributed by atoms with Crippen molar-refractivity contribution in [3.05, 3.63) is 23.8 Å². The lowest BCUT2D eigenvalue weighted by Crippen LogP contribution is -2.31. The molecule has 1 saturated carbocycles. The molecule has 0 spiro atoms. The Hall–Kier alpha value is -2.24. The number of methoxy groups -OCH3 is 2. The van der Waals surface area contributed by atoms with Crippen molar-refractivity contribution in [1.82, 2.24) is 5.32 Å². The number of nitrogens with one attached hydrogen (secondary N) is 1. The van der Waals surface area contributed by atoms with Gasteiger partial charge in [0.25, 0.3) is 0 Å². The number of rotatable bonds is 8. The number of carbonyl (C=O) groups is 2. The zero-order valence-electron chi connectivity index (χ0n) is 14.2. The minimum atomic E-state index is -0.973. The zero-order chi connectivity index (χ0) is 17.5. The Labute approximate surface area is 142 Å². The van der Waals surface area contributed by atoms with E-state index in [9.17, 15) is 14.7 Å². The van der Waals surface area contributed by atoms with E-state index in [1.807, 2.05) is 0 Å². The first-order chi connectivity index (χ1) is 11.5. The number of aliphatic carboxylic acids is 1. The van der Waals surface area contributed by atoms with Gasteiger partial charge in [-0.05, 0) is 30.9 Å². The molecule has 2 rings (SSSR count). The highest BCUT2D eigenvalue weighted by Gasteiger charge is 2.24. The number of carbonyl (C=O) groups excluding carboxylic acids is 1. The number of benzene rings is 1. The molecule has 2 N–H and O–H groups in total. The lowest BCUT2D eigenvalue weighted by molar-refractivity contribution is -0.137. The molecule has 24 heavy (non-hydrogen) atoms. The molecule has 1 unspecified atom stereocenters. The van der Waals surface area contributed by atoms with Crippen molar-refractivity contribution in [3.8, 4) is 11.5 Å². The lowest BCUT2D eigenvalue weighted by atomic mass is 10.00. The largest absolute Gasteiger partial charge is 0.497 e. The highest BCUT2D eigenvalue weighted by atomic mass is 16.5. The van der Waals surface area contributed by atoms with Gasteiger partial charge in [-0.25, -0.2) is 0 Å². The average molecular weight is 335 g/mol. The molecule has 1 aliphatic rings. The van der Waals surface area contributed by atoms with Crippen LogP contribution < -0.4 is 14.8 Å². The summed E-state index contributed by atoms with van der Waals surface area (Å²) in [5.41, 5.74) is 0.639. The van der Waals surface area contributed by atoms with Gasteiger partial charge in [0.1, 0.15) is 11.5 Å². The molecule has 1 amide bonds. The van der Waals surface area contributed by atoms with E-state index in [4.69, 9.17) is 9.47 Å². The fourth-order valence-electron chi connectivity index (χ4n) is 3.25. The molecule has 0 radical (unpaired) electrons. The second-order valence-corrected chi connectivity index (χ2v) is 6.18. The van der Waals surface area contributed by atoms with Crippen LogP contribution in [0.15, 0.2) is 18.2 Å². The third-order valence-electron chi connectivity index (χ3n) is 4.48. The molecule has 6 nitrogen and oxygen atoms in total. The summed E-state index contributed by atoms with van der Waals surface area (Å²) in [5.74, 6) is 0.446. The molecule has 1 fully saturated rings. The summed E-state index contributed by atoms with van der Waals surface area (Å²) in [6.07, 6.45) is 4.74. The SMILES string of the molecule is COc1ccc(C(CC(=O)O)NC(=O)CC2CCCC2)c(OC)c1. The van der Waals surface area contributed by atoms with Gasteiger partial charge in [0, 0.05) is 18.1 Å². The molecule has 6 heteroatoms. The van der Waals surface area contributed by atoms with E-state index in [0.29, 0.717) is 29.4 Å². The summed E-state index contributed by atoms with van der Waals surface area (Å²) < 4.78 is 10.5. The number of amides is 1. The van der Waals surface area contributed by atoms with E-state index in [0.717, 1.165) is 12.8 Å². The quantitative estimate of drug-likeness (QED) is 0.763. The molecule has 0 aliphatic heterocycles. The van der Waals surface area contributed by atoms with Crippen LogP contribution >= 0.6 is 0 Å². The van der Waals surface area contributed by atoms with Crippen LogP contribution in [0.2, 0.25) is 0 Å². The van der Waals surface area contributed by atoms with E-state index >= 15 is 0 Å². The molecular formula is C18H25NO5. The highest BCUT2D eigenvalue weighted by Crippen LogP contribution is 2.32. The first-order valence-electron chi connectivity index (χ1n) is 8.26. The molecule has 1 aromatic carbocycles. The third-order valence-corrected chi connectivity index (χ3v) is 4.48. The zero-order valence-corrected chi connectivity index (χ0v) is 14.2. The van der Waals surface area contributed by atoms with E-state index in [2.05, 4.69) is 5.32 Å². The monoisotopic (exact) mass is 335 g/mol. The van der Waals surface area contributed by atoms with Crippen molar-refractivity contribution in [2.24, 2.45) is 5.92 Å². The fraction of sp³-hybridized carbons (Fsp3) is 0.556. The molecular weight excluding hydrogens is 310 g/mol. The highest BCUT2D eigenvalue weighted by molar-refractivity contribution is 5.78. The van der Waals surface area contributed by atoms with Gasteiger partial charge >= 0.3 is 5.97 Å². The predicted octanol–water partition coefficient (Wildman–Crippen LogP) is 2.92. The summed E-state index contributed by atoms with van der Waals surface area (Å²) in [7, 11) is 3.06. The van der Waals surface area contributed by atoms with Crippen molar-refractivity contribution in [2.75, 3.05) is 14.2 Å². The van der Waals surface area contributed by atoms with Crippen LogP contribution in [0.5, 0.6) is 11.5 Å². The summed E-state index contributed by atoms with van der Waals surface area (Å²) in [5, 5.41) is 12.1. The standard InChI is InChI=1S/C18H25NO5/c1-23-13-7-8-14(16(10-13)24-2)15(11-18(21)22)19-17(20)9-12-5-3-4-6-12/h7-8,10,12,15H,3-6,9,11H2,1-2H3,(H,19,20)(H,21,22). The fourth-order valence-corrected chi connectivity index (χ4v) is 3.25. The van der Waals surface area contributed by atoms with Crippen LogP contribution in [-0.2, 0) is 9.59 Å². The normalized spacial score (nSPS) is 15.8. The summed E-state index contributed by atoms with van der Waals surface area (Å²) >= 11 is 0. The topological polar surface area (TPSA) is 84.9 Å². The second-order valence-electron chi connectivity index (χ2n) is 6.18. The third kappa shape index (κ3) is 4.88. The molecule has 0 heterocycles. The van der Waals surface area contributed by atoms with Gasteiger partial charge in [0.15, 0.2) is 0 Å². The minimum Gasteiger partial charge on any atom is -0.497 e. The van der Waals surface area contributed by atoms with Crippen LogP contribution in [0.4, 0.5) is 0 Å². The molecule has 132 valence electrons. The lowest BCUT2D eigenvalue weighted by Gasteiger charge is -2.21. The molecule has 0 aromatic heterocycles. The maximum Gasteiger partial charge on any atom is 0.305 e. The van der Waals surface area contributed by atoms with E-state index in [-0.39, 0.29) is 12.3 Å². The Morgan fingerprint density at radius 3 is 2.54 bits per heavy atom. The molecule has 0 bridgehead atoms. The maximum atomic E-state index is 12.3. The van der Waals surface area contributed by atoms with Gasteiger partial charge < -0.3 is 19.9 Å². The van der Waals surface area contributed by atoms with Crippen LogP contribution in [0.1, 0.15) is 50.1 Å². The van der Waals surface area contributed by atoms with Crippen molar-refractivity contribution >= 4 is 11.9 Å². The van der Waals surface area contributed by atoms with Crippen LogP contribution in [0.25, 0.3) is 0 Å². The molecule has 1 aliphatic carbocycles. The number of carboxylic acid groups (broad SMARTS) is 1. The Balaban J connectivity index is 2.14. The van der Waals surface area contributed by atoms with Gasteiger partial charge in [-0.3, -0.25) is 9.59 Å². The summed E-state index contributed by atoms with van der Waals surface area (Å²) in [6.45, 7) is 0. The van der Waals surface area contributed by atoms with Gasteiger partial charge in [-0.2, -0.15) is 0 Å². The van der Waals surface area contributed by atoms with Gasteiger partial charge in [-0.1, -0.05) is 12.8 Å². The Morgan fingerprint density at radius 2 is 1.96 bits per heavy atom. The molecule has 1 atom stereocenters. The summed E-state index contributed by atoms with van der Waals surface area (Å²) in [6, 6.07) is 4.53. The van der Waals surface area contributed by atoms with Crippen molar-refractivity contribution < 1.29 is 24.2 Å². The van der Waals surface area contributed by atoms with Crippen molar-refractivity contribution in [3.63, 3.8) is 0 Å². The van der Waals surface area contributed by atoms with Gasteiger partial charge in [0.2, 0.25) is 5.91 Å². The van der Waals surface area contributed by atoms with E-state index in [1.54, 1.807) is 25.3 Å². The predicted molar refractivity (Wildman–Crippen MR) is 89.3 cm³/mol. The summed E-state index contributed by atoms with van der Waals surface area (Å²) in [4.78, 5) is 23.5. The van der Waals surface area contributed by atoms with E-state index in [1.165, 1.54) is 20.0 Å². The van der Waals surface area contributed by atoms with Crippen LogP contribution in [0.3, 0.4) is 0 Å². The number of hydrogen-bond acceptors (Lipinski definition) is 4. The van der Waals surface area contributed by atoms with Crippen LogP contribution in [0, 0.1) is 5.92 Å². The molecule has 0 saturated heterocycles. The van der Waals surface area contributed by atoms with Crippen molar-refractivity contribution in [1.29, 1.82) is 0 Å². The second kappa shape index (κ2) is 8.57. The number of hydrogen-bond donors (Lipinski definition) is 2. The minimum absolute atomic E-state index is 0.106. The van der Waals surface area contributed by atoms with Gasteiger partial charge in [-0.15, -0.1) is 0 Å². The van der Waals surface area contributed by atoms with Crippen molar-refractivity contribution in [2.45, 2.75) is 44.6 Å². The van der Waals surface area contributed by atoms with Crippen LogP contribution in [-0.4, -0.2) is 31.2 Å². The van der Waals surface area contributed by atoms with E-state index < -0.39 is 12.0 Å². The smallest absolute Gasteiger partial charge is 0.305 e. The first-order valence-corrected chi connectivity index (χ1v) is 8.26. The Bertz CT molecular complexity index is 581. The maximum absolute atomic E-state index is 12.3. The Morgan fingerprint density at radius 1 is 1.25 bits per heavy atom. The number of carboxylic acids is 1. The average Bonchev–Trinajstić information content (AvgIpc) is 3.05. The first kappa shape index (κ1) is 18.1.